The van der Waals surface area contributed by atoms with Gasteiger partial charge in [0.15, 0.2) is 0 Å². The Hall–Kier alpha value is -3.97. The molecular weight excluding hydrogens is 655 g/mol. The van der Waals surface area contributed by atoms with Crippen LogP contribution in [0.1, 0.15) is 41.5 Å². The van der Waals surface area contributed by atoms with Gasteiger partial charge >= 0.3 is 6.18 Å². The number of morpholine rings is 1. The largest absolute Gasteiger partial charge is 0.393 e. The van der Waals surface area contributed by atoms with Crippen LogP contribution in [0.4, 0.5) is 24.9 Å². The summed E-state index contributed by atoms with van der Waals surface area (Å²) in [4.78, 5) is 26.5. The third-order valence-corrected chi connectivity index (χ3v) is 10.7. The Morgan fingerprint density at radius 2 is 1.94 bits per heavy atom. The number of amides is 1. The molecule has 0 radical (unpaired) electrons. The van der Waals surface area contributed by atoms with E-state index in [-0.39, 0.29) is 22.9 Å². The summed E-state index contributed by atoms with van der Waals surface area (Å²) in [5.41, 5.74) is 4.00. The van der Waals surface area contributed by atoms with Crippen LogP contribution in [-0.2, 0) is 29.0 Å². The number of carbonyl (C=O) groups is 1. The predicted octanol–water partition coefficient (Wildman–Crippen LogP) is 4.88. The Morgan fingerprint density at radius 1 is 1.16 bits per heavy atom. The lowest BCUT2D eigenvalue weighted by molar-refractivity contribution is -0.139. The number of hydrogen-bond acceptors (Lipinski definition) is 10. The Morgan fingerprint density at radius 3 is 2.63 bits per heavy atom. The molecule has 262 valence electrons. The second-order valence-electron chi connectivity index (χ2n) is 12.9. The van der Waals surface area contributed by atoms with E-state index in [9.17, 15) is 23.2 Å². The van der Waals surface area contributed by atoms with Crippen LogP contribution < -0.4 is 16.0 Å². The highest BCUT2D eigenvalue weighted by Gasteiger charge is 2.31. The Labute approximate surface area is 287 Å². The molecule has 2 saturated heterocycles. The number of aromatic nitrogens is 3. The summed E-state index contributed by atoms with van der Waals surface area (Å²) in [5.74, 6) is 0.808. The second kappa shape index (κ2) is 14.5. The van der Waals surface area contributed by atoms with E-state index in [1.165, 1.54) is 5.56 Å². The molecule has 6 rings (SSSR count). The van der Waals surface area contributed by atoms with Crippen LogP contribution in [0.3, 0.4) is 0 Å². The third kappa shape index (κ3) is 7.77. The van der Waals surface area contributed by atoms with E-state index >= 15 is 0 Å². The molecule has 3 aromatic heterocycles. The van der Waals surface area contributed by atoms with Gasteiger partial charge in [0.25, 0.3) is 0 Å². The van der Waals surface area contributed by atoms with Crippen molar-refractivity contribution in [1.82, 2.24) is 29.7 Å². The van der Waals surface area contributed by atoms with Crippen molar-refractivity contribution < 1.29 is 22.7 Å². The van der Waals surface area contributed by atoms with Crippen LogP contribution in [0.15, 0.2) is 24.3 Å². The van der Waals surface area contributed by atoms with Crippen LogP contribution in [0.25, 0.3) is 21.1 Å². The molecule has 0 saturated carbocycles. The highest BCUT2D eigenvalue weighted by Crippen LogP contribution is 2.35. The minimum absolute atomic E-state index is 0.0959. The molecule has 5 heterocycles. The van der Waals surface area contributed by atoms with Gasteiger partial charge in [-0.3, -0.25) is 14.6 Å². The Balaban J connectivity index is 1.11. The van der Waals surface area contributed by atoms with Crippen molar-refractivity contribution in [3.8, 4) is 6.07 Å². The monoisotopic (exact) mass is 697 g/mol. The number of likely N-dealkylation sites (tertiary alicyclic amines) is 1. The topological polar surface area (TPSA) is 123 Å². The number of halogens is 3. The highest BCUT2D eigenvalue weighted by atomic mass is 32.1. The van der Waals surface area contributed by atoms with E-state index < -0.39 is 18.7 Å². The van der Waals surface area contributed by atoms with Crippen molar-refractivity contribution in [2.45, 2.75) is 70.6 Å². The average Bonchev–Trinajstić information content (AvgIpc) is 3.66. The highest BCUT2D eigenvalue weighted by molar-refractivity contribution is 7.18. The number of benzene rings is 1. The van der Waals surface area contributed by atoms with Gasteiger partial charge in [-0.25, -0.2) is 4.98 Å². The van der Waals surface area contributed by atoms with E-state index in [0.717, 1.165) is 66.8 Å². The van der Waals surface area contributed by atoms with Crippen molar-refractivity contribution in [3.63, 3.8) is 0 Å². The van der Waals surface area contributed by atoms with Crippen molar-refractivity contribution in [3.05, 3.63) is 46.0 Å². The minimum Gasteiger partial charge on any atom is -0.367 e. The van der Waals surface area contributed by atoms with Crippen LogP contribution >= 0.6 is 11.3 Å². The third-order valence-electron chi connectivity index (χ3n) is 9.65. The standard InChI is InChI=1S/C34H42F3N9O2S/c1-20(45-11-12-48-29(19-45)31(47)39-3)17-46-24(16-38)13-26-21(2)22(5-6-28(26)46)18-44-9-7-23(8-10-44)41-30-27-14-25(15-34(35,36)37)49-32(27)43-33(40-4)42-30/h5-6,13-14,20,23,29H,7-12,15,17-19H2,1-4H3,(H,39,47)(H2,40,41,42,43)/t20-,29?/m0/s1. The number of alkyl halides is 3. The summed E-state index contributed by atoms with van der Waals surface area (Å²) in [5, 5.41) is 20.8. The SMILES string of the molecule is CNC(=O)C1CN([C@@H](C)Cn2c(C#N)cc3c(C)c(CN4CCC(Nc5nc(NC)nc6sc(CC(F)(F)F)cc56)CC4)ccc32)CCO1. The number of aryl methyl sites for hydroxylation is 1. The molecule has 2 fully saturated rings. The number of likely N-dealkylation sites (N-methyl/N-ethyl adjacent to an activating group) is 1. The normalized spacial score (nSPS) is 18.9. The first-order chi connectivity index (χ1) is 23.5. The summed E-state index contributed by atoms with van der Waals surface area (Å²) in [6.45, 7) is 9.06. The molecule has 0 aliphatic carbocycles. The molecule has 49 heavy (non-hydrogen) atoms. The maximum Gasteiger partial charge on any atom is 0.393 e. The zero-order chi connectivity index (χ0) is 34.9. The van der Waals surface area contributed by atoms with Gasteiger partial charge in [0, 0.05) is 81.2 Å². The number of anilines is 2. The van der Waals surface area contributed by atoms with Crippen molar-refractivity contribution in [2.24, 2.45) is 0 Å². The molecule has 0 spiro atoms. The summed E-state index contributed by atoms with van der Waals surface area (Å²) in [6, 6.07) is 10.4. The van der Waals surface area contributed by atoms with E-state index in [1.54, 1.807) is 20.2 Å². The molecule has 2 aliphatic rings. The molecule has 15 heteroatoms. The number of nitriles is 1. The van der Waals surface area contributed by atoms with Gasteiger partial charge < -0.3 is 25.3 Å². The number of fused-ring (bicyclic) bond motifs is 2. The van der Waals surface area contributed by atoms with Crippen molar-refractivity contribution >= 4 is 50.1 Å². The first kappa shape index (κ1) is 34.9. The van der Waals surface area contributed by atoms with Crippen molar-refractivity contribution in [2.75, 3.05) is 57.5 Å². The van der Waals surface area contributed by atoms with Crippen LogP contribution in [0, 0.1) is 18.3 Å². The molecule has 3 N–H and O–H groups in total. The Bertz CT molecular complexity index is 1860. The maximum absolute atomic E-state index is 13.1. The van der Waals surface area contributed by atoms with Crippen LogP contribution in [-0.4, -0.2) is 101 Å². The summed E-state index contributed by atoms with van der Waals surface area (Å²) < 4.78 is 47.0. The fourth-order valence-electron chi connectivity index (χ4n) is 6.90. The number of nitrogens with one attached hydrogen (secondary N) is 3. The van der Waals surface area contributed by atoms with E-state index in [4.69, 9.17) is 4.74 Å². The van der Waals surface area contributed by atoms with E-state index in [1.807, 2.05) is 6.07 Å². The lowest BCUT2D eigenvalue weighted by Crippen LogP contribution is -2.52. The maximum atomic E-state index is 13.1. The van der Waals surface area contributed by atoms with Gasteiger partial charge in [0.2, 0.25) is 11.9 Å². The first-order valence-corrected chi connectivity index (χ1v) is 17.4. The molecule has 2 aliphatic heterocycles. The number of piperidine rings is 1. The number of thiophene rings is 1. The predicted molar refractivity (Wildman–Crippen MR) is 185 cm³/mol. The molecule has 1 unspecified atom stereocenters. The molecular formula is C34H42F3N9O2S. The van der Waals surface area contributed by atoms with Gasteiger partial charge in [0.1, 0.15) is 28.5 Å². The lowest BCUT2D eigenvalue weighted by Gasteiger charge is -2.36. The fraction of sp³-hybridized carbons (Fsp3) is 0.529. The summed E-state index contributed by atoms with van der Waals surface area (Å²) in [7, 11) is 3.31. The smallest absolute Gasteiger partial charge is 0.367 e. The number of carbonyl (C=O) groups excluding carboxylic acids is 1. The molecule has 1 aromatic carbocycles. The van der Waals surface area contributed by atoms with Gasteiger partial charge in [-0.05, 0) is 56.0 Å². The first-order valence-electron chi connectivity index (χ1n) is 16.6. The number of ether oxygens (including phenoxy) is 1. The zero-order valence-electron chi connectivity index (χ0n) is 28.2. The molecule has 1 amide bonds. The van der Waals surface area contributed by atoms with Gasteiger partial charge in [-0.15, -0.1) is 11.3 Å². The average molecular weight is 698 g/mol. The minimum atomic E-state index is -4.28. The van der Waals surface area contributed by atoms with E-state index in [2.05, 4.69) is 72.3 Å². The Kier molecular flexibility index (Phi) is 10.3. The molecule has 11 nitrogen and oxygen atoms in total. The molecule has 0 bridgehead atoms. The van der Waals surface area contributed by atoms with Crippen LogP contribution in [0.2, 0.25) is 0 Å². The van der Waals surface area contributed by atoms with Gasteiger partial charge in [-0.1, -0.05) is 6.07 Å². The van der Waals surface area contributed by atoms with Crippen LogP contribution in [0.5, 0.6) is 0 Å². The number of nitrogens with zero attached hydrogens (tertiary/aromatic N) is 6. The quantitative estimate of drug-likeness (QED) is 0.213. The van der Waals surface area contributed by atoms with Gasteiger partial charge in [-0.2, -0.15) is 23.4 Å². The molecule has 4 aromatic rings. The van der Waals surface area contributed by atoms with Crippen molar-refractivity contribution in [1.29, 1.82) is 5.26 Å². The second-order valence-corrected chi connectivity index (χ2v) is 14.0. The van der Waals surface area contributed by atoms with E-state index in [0.29, 0.717) is 47.4 Å². The lowest BCUT2D eigenvalue weighted by atomic mass is 10.0. The zero-order valence-corrected chi connectivity index (χ0v) is 29.0. The summed E-state index contributed by atoms with van der Waals surface area (Å²) in [6.07, 6.45) is -4.05. The summed E-state index contributed by atoms with van der Waals surface area (Å²) >= 11 is 1.05. The molecule has 2 atom stereocenters. The van der Waals surface area contributed by atoms with Gasteiger partial charge in [0.05, 0.1) is 18.4 Å². The number of hydrogen-bond donors (Lipinski definition) is 3. The fourth-order valence-corrected chi connectivity index (χ4v) is 7.96. The number of rotatable bonds is 10.